The number of hydrogen-bond donors (Lipinski definition) is 10. The maximum Gasteiger partial charge on any atom is 0.310 e. The van der Waals surface area contributed by atoms with Gasteiger partial charge in [0.15, 0.2) is 6.29 Å². The number of aromatic amines is 1. The second-order valence-corrected chi connectivity index (χ2v) is 23.9. The molecule has 3 aliphatic heterocycles. The molecule has 10 rings (SSSR count). The Balaban J connectivity index is 1.13. The Morgan fingerprint density at radius 3 is 2.37 bits per heavy atom. The summed E-state index contributed by atoms with van der Waals surface area (Å²) in [7, 11) is 0. The fourth-order valence-electron chi connectivity index (χ4n) is 17.7. The number of aliphatic hydroxyl groups excluding tert-OH is 6. The quantitative estimate of drug-likeness (QED) is 0.127. The van der Waals surface area contributed by atoms with Gasteiger partial charge in [-0.3, -0.25) is 9.59 Å². The van der Waals surface area contributed by atoms with E-state index in [4.69, 9.17) is 9.47 Å². The molecule has 65 heavy (non-hydrogen) atoms. The van der Waals surface area contributed by atoms with E-state index in [1.165, 1.54) is 5.57 Å². The fourth-order valence-corrected chi connectivity index (χ4v) is 17.7. The molecule has 0 aromatic carbocycles. The minimum Gasteiger partial charge on any atom is -0.481 e. The zero-order chi connectivity index (χ0) is 46.3. The first kappa shape index (κ1) is 46.0. The van der Waals surface area contributed by atoms with Crippen LogP contribution < -0.4 is 10.6 Å². The number of carbonyl (C=O) groups excluding carboxylic acids is 1. The second-order valence-electron chi connectivity index (χ2n) is 23.9. The molecule has 15 heteroatoms. The number of ether oxygens (including phenoxy) is 2. The molecule has 4 heterocycles. The maximum absolute atomic E-state index is 14.0. The van der Waals surface area contributed by atoms with Gasteiger partial charge in [-0.05, 0) is 129 Å². The Bertz CT molecular complexity index is 2100. The molecule has 0 spiro atoms. The molecule has 6 aliphatic carbocycles. The van der Waals surface area contributed by atoms with E-state index >= 15 is 0 Å². The zero-order valence-corrected chi connectivity index (χ0v) is 38.8. The van der Waals surface area contributed by atoms with Gasteiger partial charge in [-0.25, -0.2) is 4.98 Å². The Kier molecular flexibility index (Phi) is 10.9. The van der Waals surface area contributed by atoms with E-state index in [1.807, 2.05) is 13.1 Å². The van der Waals surface area contributed by atoms with E-state index in [0.29, 0.717) is 44.9 Å². The molecule has 4 saturated carbocycles. The molecule has 0 radical (unpaired) electrons. The third kappa shape index (κ3) is 6.01. The van der Waals surface area contributed by atoms with Crippen LogP contribution in [0.4, 0.5) is 0 Å². The minimum absolute atomic E-state index is 0.000742. The van der Waals surface area contributed by atoms with E-state index in [-0.39, 0.29) is 67.8 Å². The number of allylic oxidation sites excluding steroid dienone is 3. The number of piperidine rings is 1. The summed E-state index contributed by atoms with van der Waals surface area (Å²) >= 11 is 0. The summed E-state index contributed by atoms with van der Waals surface area (Å²) in [6.07, 6.45) is 8.73. The van der Waals surface area contributed by atoms with Gasteiger partial charge in [0.05, 0.1) is 37.2 Å². The molecular formula is C50H74N4O11. The summed E-state index contributed by atoms with van der Waals surface area (Å²) in [5.74, 6) is -1.72. The number of aliphatic carboxylic acids is 1. The molecule has 360 valence electrons. The molecule has 1 aromatic rings. The molecule has 1 amide bonds. The standard InChI is InChI=1S/C50H74N4O11/c1-43(24-55)10-12-48(42(62)63)13-11-45(3)29(30(48)21-43)6-7-32-46(45,4)19-27-8-9-50(20-28-18-34(58)54-38(28)49(14-16-51-17-15-49)33-22-52-26-53-33)39(61)40(44(2,25-56)37(27)47(32,50)5)65-41-36(60)35(59)31(57)23-64-41/h6,8-9,22,26-28,30-32,35-41,51,55-57,59-61H,7,10-21,23-25H2,1-5H3,(H,52,53)(H,54,58)(H,62,63)/t27-,28+,30-,31+,32-,35-,36+,37+,38-,39-,40+,41-,43-,44-,45+,46+,47+,48-,50+/m0/s1. The van der Waals surface area contributed by atoms with Crippen LogP contribution in [0.1, 0.15) is 111 Å². The van der Waals surface area contributed by atoms with Crippen molar-refractivity contribution < 1.29 is 54.8 Å². The van der Waals surface area contributed by atoms with E-state index < -0.39 is 86.1 Å². The lowest BCUT2D eigenvalue weighted by Gasteiger charge is -2.78. The first-order valence-electron chi connectivity index (χ1n) is 24.6. The number of amides is 1. The maximum atomic E-state index is 14.0. The smallest absolute Gasteiger partial charge is 0.310 e. The Hall–Kier alpha value is -2.73. The van der Waals surface area contributed by atoms with Gasteiger partial charge in [-0.2, -0.15) is 0 Å². The monoisotopic (exact) mass is 907 g/mol. The highest BCUT2D eigenvalue weighted by atomic mass is 16.7. The van der Waals surface area contributed by atoms with Crippen LogP contribution in [-0.4, -0.2) is 133 Å². The molecule has 3 saturated heterocycles. The first-order chi connectivity index (χ1) is 30.7. The second kappa shape index (κ2) is 15.4. The lowest BCUT2D eigenvalue weighted by atomic mass is 9.26. The van der Waals surface area contributed by atoms with Crippen LogP contribution in [0.5, 0.6) is 0 Å². The molecule has 0 unspecified atom stereocenters. The topological polar surface area (TPSA) is 247 Å². The average molecular weight is 907 g/mol. The van der Waals surface area contributed by atoms with Gasteiger partial charge in [-0.1, -0.05) is 58.4 Å². The van der Waals surface area contributed by atoms with Gasteiger partial charge in [0, 0.05) is 47.2 Å². The third-order valence-electron chi connectivity index (χ3n) is 21.3. The molecule has 7 fully saturated rings. The fraction of sp³-hybridized carbons (Fsp3) is 0.820. The van der Waals surface area contributed by atoms with Gasteiger partial charge in [0.2, 0.25) is 5.91 Å². The number of carboxylic acids is 1. The van der Waals surface area contributed by atoms with Gasteiger partial charge in [0.25, 0.3) is 0 Å². The van der Waals surface area contributed by atoms with Gasteiger partial charge in [-0.15, -0.1) is 0 Å². The average Bonchev–Trinajstić information content (AvgIpc) is 3.97. The van der Waals surface area contributed by atoms with Crippen molar-refractivity contribution in [3.05, 3.63) is 42.0 Å². The number of nitrogens with one attached hydrogen (secondary N) is 3. The lowest BCUT2D eigenvalue weighted by Crippen LogP contribution is -2.78. The van der Waals surface area contributed by atoms with Gasteiger partial charge >= 0.3 is 5.97 Å². The van der Waals surface area contributed by atoms with Crippen molar-refractivity contribution in [2.75, 3.05) is 32.9 Å². The van der Waals surface area contributed by atoms with Crippen molar-refractivity contribution in [1.82, 2.24) is 20.6 Å². The molecule has 4 bridgehead atoms. The Labute approximate surface area is 382 Å². The van der Waals surface area contributed by atoms with Crippen LogP contribution >= 0.6 is 0 Å². The first-order valence-corrected chi connectivity index (χ1v) is 24.6. The molecule has 9 aliphatic rings. The number of aliphatic hydroxyl groups is 6. The van der Waals surface area contributed by atoms with Crippen molar-refractivity contribution >= 4 is 11.9 Å². The number of hydrogen-bond acceptors (Lipinski definition) is 12. The van der Waals surface area contributed by atoms with Crippen LogP contribution in [0.3, 0.4) is 0 Å². The normalized spacial score (nSPS) is 52.1. The van der Waals surface area contributed by atoms with Gasteiger partial charge < -0.3 is 60.8 Å². The van der Waals surface area contributed by atoms with E-state index in [1.54, 1.807) is 6.33 Å². The van der Waals surface area contributed by atoms with Crippen LogP contribution in [0.25, 0.3) is 0 Å². The molecule has 1 aromatic heterocycles. The summed E-state index contributed by atoms with van der Waals surface area (Å²) in [6, 6.07) is -0.294. The molecular weight excluding hydrogens is 833 g/mol. The number of nitrogens with zero attached hydrogens (tertiary/aromatic N) is 1. The SMILES string of the molecule is C[C@]1(CO)CC[C@]2(C(=O)O)CC[C@]3(C)C(=CC[C@@H]4[C@]5(C)[C@@H]6[C@@H](C=C[C@@]5(C[C@H]5CC(=O)N[C@@H]5C5(c7cnc[nH]7)CCNCC5)[C@@H](O)[C@@H](O[C@@H]5OC[C@@H](O)[C@H](O)[C@H]5O)[C@@]6(C)CO)C[C@]43C)[C@@H]2C1. The summed E-state index contributed by atoms with van der Waals surface area (Å²) in [6.45, 7) is 12.0. The number of aromatic nitrogens is 2. The summed E-state index contributed by atoms with van der Waals surface area (Å²) in [5, 5.41) is 86.8. The summed E-state index contributed by atoms with van der Waals surface area (Å²) in [4.78, 5) is 35.3. The lowest BCUT2D eigenvalue weighted by molar-refractivity contribution is -0.359. The highest BCUT2D eigenvalue weighted by Gasteiger charge is 2.79. The number of H-pyrrole nitrogens is 1. The van der Waals surface area contributed by atoms with Crippen LogP contribution in [0, 0.1) is 67.5 Å². The highest BCUT2D eigenvalue weighted by Crippen LogP contribution is 2.81. The van der Waals surface area contributed by atoms with E-state index in [9.17, 15) is 45.3 Å². The number of rotatable bonds is 9. The van der Waals surface area contributed by atoms with Crippen molar-refractivity contribution in [2.45, 2.75) is 154 Å². The van der Waals surface area contributed by atoms with Crippen molar-refractivity contribution in [1.29, 1.82) is 0 Å². The number of fused-ring (bicyclic) bond motifs is 5. The van der Waals surface area contributed by atoms with Crippen molar-refractivity contribution in [3.63, 3.8) is 0 Å². The molecule has 10 N–H and O–H groups in total. The minimum atomic E-state index is -1.62. The Morgan fingerprint density at radius 2 is 1.69 bits per heavy atom. The number of carbonyl (C=O) groups is 2. The number of imidazole rings is 1. The molecule has 19 atom stereocenters. The molecule has 15 nitrogen and oxygen atoms in total. The number of carboxylic acid groups (broad SMARTS) is 1. The summed E-state index contributed by atoms with van der Waals surface area (Å²) < 4.78 is 12.6. The van der Waals surface area contributed by atoms with Crippen LogP contribution in [0.2, 0.25) is 0 Å². The largest absolute Gasteiger partial charge is 0.481 e. The summed E-state index contributed by atoms with van der Waals surface area (Å²) in [5.41, 5.74) is -3.30. The van der Waals surface area contributed by atoms with Gasteiger partial charge in [0.1, 0.15) is 18.3 Å². The highest BCUT2D eigenvalue weighted by molar-refractivity contribution is 5.79. The van der Waals surface area contributed by atoms with Crippen LogP contribution in [0.15, 0.2) is 36.3 Å². The Morgan fingerprint density at radius 1 is 0.954 bits per heavy atom. The zero-order valence-electron chi connectivity index (χ0n) is 38.8. The predicted molar refractivity (Wildman–Crippen MR) is 236 cm³/mol. The third-order valence-corrected chi connectivity index (χ3v) is 21.3. The van der Waals surface area contributed by atoms with Crippen molar-refractivity contribution in [2.24, 2.45) is 67.5 Å². The van der Waals surface area contributed by atoms with E-state index in [2.05, 4.69) is 66.5 Å². The predicted octanol–water partition coefficient (Wildman–Crippen LogP) is 2.94. The van der Waals surface area contributed by atoms with Crippen LogP contribution in [-0.2, 0) is 24.5 Å². The van der Waals surface area contributed by atoms with E-state index in [0.717, 1.165) is 38.0 Å². The van der Waals surface area contributed by atoms with Crippen molar-refractivity contribution in [3.8, 4) is 0 Å².